The average Bonchev–Trinajstić information content (AvgIpc) is 2.38. The largest absolute Gasteiger partial charge is 0.288 e. The molecule has 0 saturated carbocycles. The number of carbonyl (C=O) groups is 1. The van der Waals surface area contributed by atoms with Crippen LogP contribution in [0.2, 0.25) is 0 Å². The lowest BCUT2D eigenvalue weighted by atomic mass is 10.0. The molecule has 0 aliphatic carbocycles. The quantitative estimate of drug-likeness (QED) is 0.612. The number of hydroxylamine groups is 1. The van der Waals surface area contributed by atoms with Gasteiger partial charge in [-0.2, -0.15) is 0 Å². The fraction of sp³-hybridized carbons (Fsp3) is 0.0714. The number of hydrogen-bond acceptors (Lipinski definition) is 2. The predicted molar refractivity (Wildman–Crippen MR) is 65.9 cm³/mol. The van der Waals surface area contributed by atoms with E-state index in [0.29, 0.717) is 5.56 Å². The van der Waals surface area contributed by atoms with Crippen molar-refractivity contribution in [2.24, 2.45) is 0 Å². The minimum absolute atomic E-state index is 0.434. The molecule has 0 bridgehead atoms. The highest BCUT2D eigenvalue weighted by atomic mass is 16.5. The standard InChI is InChI=1S/C14H13NO2/c1-10-3-2-4-13(9-10)11-5-7-12(8-6-11)14(16)15-17/h2-9,17H,1H3,(H,15,16). The van der Waals surface area contributed by atoms with Crippen LogP contribution in [0.4, 0.5) is 0 Å². The first kappa shape index (κ1) is 11.4. The molecule has 2 N–H and O–H groups in total. The van der Waals surface area contributed by atoms with Crippen molar-refractivity contribution < 1.29 is 10.0 Å². The topological polar surface area (TPSA) is 49.3 Å². The first-order chi connectivity index (χ1) is 8.20. The third kappa shape index (κ3) is 2.52. The number of amides is 1. The van der Waals surface area contributed by atoms with Crippen LogP contribution < -0.4 is 5.48 Å². The van der Waals surface area contributed by atoms with E-state index in [1.54, 1.807) is 17.6 Å². The van der Waals surface area contributed by atoms with Crippen molar-refractivity contribution in [1.29, 1.82) is 0 Å². The molecule has 0 radical (unpaired) electrons. The molecule has 1 amide bonds. The normalized spacial score (nSPS) is 10.0. The second-order valence-corrected chi connectivity index (χ2v) is 3.89. The minimum Gasteiger partial charge on any atom is -0.288 e. The van der Waals surface area contributed by atoms with Crippen molar-refractivity contribution in [3.63, 3.8) is 0 Å². The maximum Gasteiger partial charge on any atom is 0.274 e. The minimum atomic E-state index is -0.499. The lowest BCUT2D eigenvalue weighted by Crippen LogP contribution is -2.18. The number of aryl methyl sites for hydroxylation is 1. The molecule has 0 spiro atoms. The van der Waals surface area contributed by atoms with E-state index in [0.717, 1.165) is 11.1 Å². The maximum absolute atomic E-state index is 11.2. The summed E-state index contributed by atoms with van der Waals surface area (Å²) in [6.45, 7) is 2.04. The number of carbonyl (C=O) groups excluding carboxylic acids is 1. The molecule has 2 rings (SSSR count). The van der Waals surface area contributed by atoms with E-state index in [4.69, 9.17) is 5.21 Å². The predicted octanol–water partition coefficient (Wildman–Crippen LogP) is 2.78. The SMILES string of the molecule is Cc1cccc(-c2ccc(C(=O)NO)cc2)c1. The van der Waals surface area contributed by atoms with Crippen molar-refractivity contribution in [3.8, 4) is 11.1 Å². The molecular weight excluding hydrogens is 214 g/mol. The van der Waals surface area contributed by atoms with Crippen molar-refractivity contribution in [3.05, 3.63) is 59.7 Å². The fourth-order valence-corrected chi connectivity index (χ4v) is 1.70. The van der Waals surface area contributed by atoms with Crippen molar-refractivity contribution in [2.75, 3.05) is 0 Å². The van der Waals surface area contributed by atoms with Gasteiger partial charge in [0.05, 0.1) is 0 Å². The van der Waals surface area contributed by atoms with Gasteiger partial charge in [0.25, 0.3) is 5.91 Å². The van der Waals surface area contributed by atoms with Crippen LogP contribution in [0.3, 0.4) is 0 Å². The smallest absolute Gasteiger partial charge is 0.274 e. The van der Waals surface area contributed by atoms with Crippen LogP contribution in [-0.4, -0.2) is 11.1 Å². The van der Waals surface area contributed by atoms with Gasteiger partial charge in [0.1, 0.15) is 0 Å². The number of hydrogen-bond donors (Lipinski definition) is 2. The summed E-state index contributed by atoms with van der Waals surface area (Å²) in [6.07, 6.45) is 0. The van der Waals surface area contributed by atoms with Gasteiger partial charge in [0, 0.05) is 5.56 Å². The van der Waals surface area contributed by atoms with Crippen molar-refractivity contribution in [2.45, 2.75) is 6.92 Å². The summed E-state index contributed by atoms with van der Waals surface area (Å²) in [4.78, 5) is 11.2. The molecule has 0 unspecified atom stereocenters. The Hall–Kier alpha value is -2.13. The van der Waals surface area contributed by atoms with Gasteiger partial charge in [-0.05, 0) is 30.2 Å². The van der Waals surface area contributed by atoms with Crippen LogP contribution in [0, 0.1) is 6.92 Å². The van der Waals surface area contributed by atoms with E-state index in [2.05, 4.69) is 6.07 Å². The van der Waals surface area contributed by atoms with Gasteiger partial charge in [0.2, 0.25) is 0 Å². The Kier molecular flexibility index (Phi) is 3.21. The molecule has 0 aliphatic heterocycles. The summed E-state index contributed by atoms with van der Waals surface area (Å²) in [5, 5.41) is 8.51. The van der Waals surface area contributed by atoms with Crippen molar-refractivity contribution >= 4 is 5.91 Å². The van der Waals surface area contributed by atoms with Gasteiger partial charge in [-0.3, -0.25) is 10.0 Å². The Labute approximate surface area is 99.7 Å². The zero-order valence-electron chi connectivity index (χ0n) is 9.47. The molecule has 0 aromatic heterocycles. The molecule has 0 fully saturated rings. The van der Waals surface area contributed by atoms with E-state index in [-0.39, 0.29) is 0 Å². The Bertz CT molecular complexity index is 532. The summed E-state index contributed by atoms with van der Waals surface area (Å²) in [6, 6.07) is 15.2. The molecule has 17 heavy (non-hydrogen) atoms. The summed E-state index contributed by atoms with van der Waals surface area (Å²) in [5.41, 5.74) is 5.40. The molecule has 0 heterocycles. The molecule has 2 aromatic carbocycles. The first-order valence-corrected chi connectivity index (χ1v) is 5.32. The molecule has 86 valence electrons. The first-order valence-electron chi connectivity index (χ1n) is 5.32. The van der Waals surface area contributed by atoms with E-state index >= 15 is 0 Å². The summed E-state index contributed by atoms with van der Waals surface area (Å²) >= 11 is 0. The summed E-state index contributed by atoms with van der Waals surface area (Å²) < 4.78 is 0. The number of nitrogens with one attached hydrogen (secondary N) is 1. The van der Waals surface area contributed by atoms with Crippen LogP contribution in [0.5, 0.6) is 0 Å². The molecule has 2 aromatic rings. The van der Waals surface area contributed by atoms with Gasteiger partial charge < -0.3 is 0 Å². The summed E-state index contributed by atoms with van der Waals surface area (Å²) in [5.74, 6) is -0.499. The number of rotatable bonds is 2. The van der Waals surface area contributed by atoms with Crippen LogP contribution in [0.25, 0.3) is 11.1 Å². The van der Waals surface area contributed by atoms with Crippen molar-refractivity contribution in [1.82, 2.24) is 5.48 Å². The van der Waals surface area contributed by atoms with Gasteiger partial charge in [-0.15, -0.1) is 0 Å². The Morgan fingerprint density at radius 3 is 2.35 bits per heavy atom. The lowest BCUT2D eigenvalue weighted by Gasteiger charge is -2.04. The third-order valence-electron chi connectivity index (χ3n) is 2.60. The average molecular weight is 227 g/mol. The van der Waals surface area contributed by atoms with Crippen LogP contribution in [0.1, 0.15) is 15.9 Å². The molecule has 0 saturated heterocycles. The van der Waals surface area contributed by atoms with Gasteiger partial charge in [-0.1, -0.05) is 42.0 Å². The second kappa shape index (κ2) is 4.80. The molecule has 3 heteroatoms. The molecular formula is C14H13NO2. The zero-order valence-corrected chi connectivity index (χ0v) is 9.47. The van der Waals surface area contributed by atoms with E-state index in [1.807, 2.05) is 37.3 Å². The number of benzene rings is 2. The second-order valence-electron chi connectivity index (χ2n) is 3.89. The van der Waals surface area contributed by atoms with E-state index in [9.17, 15) is 4.79 Å². The Morgan fingerprint density at radius 1 is 1.06 bits per heavy atom. The van der Waals surface area contributed by atoms with Gasteiger partial charge in [0.15, 0.2) is 0 Å². The highest BCUT2D eigenvalue weighted by Gasteiger charge is 2.04. The molecule has 0 aliphatic rings. The lowest BCUT2D eigenvalue weighted by molar-refractivity contribution is 0.0706. The fourth-order valence-electron chi connectivity index (χ4n) is 1.70. The van der Waals surface area contributed by atoms with E-state index in [1.165, 1.54) is 5.56 Å². The van der Waals surface area contributed by atoms with Gasteiger partial charge >= 0.3 is 0 Å². The van der Waals surface area contributed by atoms with Gasteiger partial charge in [-0.25, -0.2) is 5.48 Å². The Morgan fingerprint density at radius 2 is 1.76 bits per heavy atom. The zero-order chi connectivity index (χ0) is 12.3. The highest BCUT2D eigenvalue weighted by molar-refractivity contribution is 5.93. The maximum atomic E-state index is 11.2. The third-order valence-corrected chi connectivity index (χ3v) is 2.60. The molecule has 0 atom stereocenters. The van der Waals surface area contributed by atoms with Crippen LogP contribution >= 0.6 is 0 Å². The monoisotopic (exact) mass is 227 g/mol. The van der Waals surface area contributed by atoms with E-state index < -0.39 is 5.91 Å². The summed E-state index contributed by atoms with van der Waals surface area (Å²) in [7, 11) is 0. The van der Waals surface area contributed by atoms with Crippen LogP contribution in [-0.2, 0) is 0 Å². The highest BCUT2D eigenvalue weighted by Crippen LogP contribution is 2.20. The Balaban J connectivity index is 2.32. The van der Waals surface area contributed by atoms with Crippen LogP contribution in [0.15, 0.2) is 48.5 Å². The molecule has 3 nitrogen and oxygen atoms in total.